The third-order valence-electron chi connectivity index (χ3n) is 3.36. The smallest absolute Gasteiger partial charge is 0.0468 e. The van der Waals surface area contributed by atoms with E-state index in [1.54, 1.807) is 0 Å². The van der Waals surface area contributed by atoms with Gasteiger partial charge >= 0.3 is 0 Å². The van der Waals surface area contributed by atoms with E-state index in [-0.39, 0.29) is 0 Å². The zero-order valence-corrected chi connectivity index (χ0v) is 10.7. The third-order valence-corrected chi connectivity index (χ3v) is 3.85. The van der Waals surface area contributed by atoms with Crippen molar-refractivity contribution < 1.29 is 0 Å². The number of nitrogens with one attached hydrogen (secondary N) is 2. The standard InChI is InChI=1S/C13H15BrN2/c14-9-4-5-10-11(8-16-13(10)7-9)12-3-1-2-6-15-12/h4-5,7-8,12,15-16H,1-3,6H2. The van der Waals surface area contributed by atoms with Crippen LogP contribution in [0.3, 0.4) is 0 Å². The molecular weight excluding hydrogens is 264 g/mol. The van der Waals surface area contributed by atoms with Crippen LogP contribution in [0.1, 0.15) is 30.9 Å². The average molecular weight is 279 g/mol. The van der Waals surface area contributed by atoms with Gasteiger partial charge < -0.3 is 10.3 Å². The maximum absolute atomic E-state index is 3.60. The Labute approximate surface area is 104 Å². The molecular formula is C13H15BrN2. The number of halogens is 1. The Morgan fingerprint density at radius 2 is 2.19 bits per heavy atom. The summed E-state index contributed by atoms with van der Waals surface area (Å²) in [6, 6.07) is 6.98. The molecule has 1 unspecified atom stereocenters. The molecule has 0 radical (unpaired) electrons. The van der Waals surface area contributed by atoms with Gasteiger partial charge in [-0.1, -0.05) is 28.4 Å². The maximum Gasteiger partial charge on any atom is 0.0468 e. The number of benzene rings is 1. The molecule has 16 heavy (non-hydrogen) atoms. The van der Waals surface area contributed by atoms with Crippen LogP contribution < -0.4 is 5.32 Å². The molecule has 1 aliphatic heterocycles. The molecule has 2 aromatic rings. The van der Waals surface area contributed by atoms with E-state index in [1.807, 2.05) is 0 Å². The molecule has 1 aliphatic rings. The van der Waals surface area contributed by atoms with E-state index >= 15 is 0 Å². The van der Waals surface area contributed by atoms with Crippen molar-refractivity contribution in [3.8, 4) is 0 Å². The first-order valence-corrected chi connectivity index (χ1v) is 6.64. The first-order valence-electron chi connectivity index (χ1n) is 5.84. The van der Waals surface area contributed by atoms with Gasteiger partial charge in [-0.05, 0) is 37.1 Å². The summed E-state index contributed by atoms with van der Waals surface area (Å²) in [5, 5.41) is 4.95. The molecule has 0 amide bonds. The second-order valence-electron chi connectivity index (χ2n) is 4.44. The largest absolute Gasteiger partial charge is 0.361 e. The molecule has 1 fully saturated rings. The fraction of sp³-hybridized carbons (Fsp3) is 0.385. The fourth-order valence-electron chi connectivity index (χ4n) is 2.53. The number of piperidine rings is 1. The molecule has 0 spiro atoms. The predicted molar refractivity (Wildman–Crippen MR) is 70.6 cm³/mol. The van der Waals surface area contributed by atoms with Gasteiger partial charge in [0.15, 0.2) is 0 Å². The van der Waals surface area contributed by atoms with Crippen molar-refractivity contribution in [2.24, 2.45) is 0 Å². The van der Waals surface area contributed by atoms with E-state index in [4.69, 9.17) is 0 Å². The van der Waals surface area contributed by atoms with Crippen LogP contribution in [0.4, 0.5) is 0 Å². The lowest BCUT2D eigenvalue weighted by Gasteiger charge is -2.23. The molecule has 2 nitrogen and oxygen atoms in total. The van der Waals surface area contributed by atoms with Gasteiger partial charge in [-0.3, -0.25) is 0 Å². The lowest BCUT2D eigenvalue weighted by molar-refractivity contribution is 0.414. The summed E-state index contributed by atoms with van der Waals surface area (Å²) in [7, 11) is 0. The van der Waals surface area contributed by atoms with Crippen LogP contribution in [0.2, 0.25) is 0 Å². The number of hydrogen-bond donors (Lipinski definition) is 2. The molecule has 2 heterocycles. The molecule has 3 rings (SSSR count). The summed E-state index contributed by atoms with van der Waals surface area (Å²) in [5.41, 5.74) is 2.64. The molecule has 2 N–H and O–H groups in total. The van der Waals surface area contributed by atoms with Crippen LogP contribution in [-0.4, -0.2) is 11.5 Å². The zero-order valence-electron chi connectivity index (χ0n) is 9.09. The predicted octanol–water partition coefficient (Wildman–Crippen LogP) is 3.75. The number of aromatic nitrogens is 1. The van der Waals surface area contributed by atoms with E-state index < -0.39 is 0 Å². The molecule has 0 saturated carbocycles. The van der Waals surface area contributed by atoms with Gasteiger partial charge in [0.05, 0.1) is 0 Å². The first-order chi connectivity index (χ1) is 7.84. The highest BCUT2D eigenvalue weighted by molar-refractivity contribution is 9.10. The van der Waals surface area contributed by atoms with Crippen LogP contribution >= 0.6 is 15.9 Å². The number of fused-ring (bicyclic) bond motifs is 1. The van der Waals surface area contributed by atoms with E-state index in [1.165, 1.54) is 35.7 Å². The topological polar surface area (TPSA) is 27.8 Å². The molecule has 1 aromatic heterocycles. The normalized spacial score (nSPS) is 21.4. The van der Waals surface area contributed by atoms with Gasteiger partial charge in [0.25, 0.3) is 0 Å². The molecule has 3 heteroatoms. The van der Waals surface area contributed by atoms with Gasteiger partial charge in [-0.2, -0.15) is 0 Å². The molecule has 1 saturated heterocycles. The molecule has 1 aromatic carbocycles. The Bertz CT molecular complexity index is 498. The van der Waals surface area contributed by atoms with Crippen LogP contribution in [0.25, 0.3) is 10.9 Å². The summed E-state index contributed by atoms with van der Waals surface area (Å²) in [6.07, 6.45) is 6.05. The Hall–Kier alpha value is -0.800. The molecule has 0 aliphatic carbocycles. The van der Waals surface area contributed by atoms with E-state index in [9.17, 15) is 0 Å². The highest BCUT2D eigenvalue weighted by Crippen LogP contribution is 2.30. The summed E-state index contributed by atoms with van der Waals surface area (Å²) in [6.45, 7) is 1.15. The SMILES string of the molecule is Brc1ccc2c(C3CCCCN3)c[nH]c2c1. The lowest BCUT2D eigenvalue weighted by atomic mass is 9.97. The van der Waals surface area contributed by atoms with Crippen molar-refractivity contribution in [3.05, 3.63) is 34.4 Å². The summed E-state index contributed by atoms with van der Waals surface area (Å²) in [4.78, 5) is 3.36. The summed E-state index contributed by atoms with van der Waals surface area (Å²) >= 11 is 3.50. The Balaban J connectivity index is 2.03. The van der Waals surface area contributed by atoms with Gasteiger partial charge in [0.2, 0.25) is 0 Å². The number of H-pyrrole nitrogens is 1. The zero-order chi connectivity index (χ0) is 11.0. The van der Waals surface area contributed by atoms with Crippen LogP contribution in [0.15, 0.2) is 28.9 Å². The Morgan fingerprint density at radius 3 is 3.00 bits per heavy atom. The number of hydrogen-bond acceptors (Lipinski definition) is 1. The fourth-order valence-corrected chi connectivity index (χ4v) is 2.89. The minimum atomic E-state index is 0.531. The highest BCUT2D eigenvalue weighted by Gasteiger charge is 2.17. The Morgan fingerprint density at radius 1 is 1.25 bits per heavy atom. The minimum Gasteiger partial charge on any atom is -0.361 e. The summed E-state index contributed by atoms with van der Waals surface area (Å²) < 4.78 is 1.13. The second-order valence-corrected chi connectivity index (χ2v) is 5.35. The van der Waals surface area contributed by atoms with Gasteiger partial charge in [0, 0.05) is 27.6 Å². The van der Waals surface area contributed by atoms with Crippen molar-refractivity contribution in [3.63, 3.8) is 0 Å². The van der Waals surface area contributed by atoms with Crippen LogP contribution in [-0.2, 0) is 0 Å². The van der Waals surface area contributed by atoms with E-state index in [0.29, 0.717) is 6.04 Å². The third kappa shape index (κ3) is 1.78. The van der Waals surface area contributed by atoms with Gasteiger partial charge in [-0.15, -0.1) is 0 Å². The summed E-state index contributed by atoms with van der Waals surface area (Å²) in [5.74, 6) is 0. The van der Waals surface area contributed by atoms with Crippen molar-refractivity contribution in [2.45, 2.75) is 25.3 Å². The van der Waals surface area contributed by atoms with Crippen molar-refractivity contribution in [2.75, 3.05) is 6.54 Å². The van der Waals surface area contributed by atoms with Gasteiger partial charge in [-0.25, -0.2) is 0 Å². The average Bonchev–Trinajstić information content (AvgIpc) is 2.73. The lowest BCUT2D eigenvalue weighted by Crippen LogP contribution is -2.26. The van der Waals surface area contributed by atoms with E-state index in [0.717, 1.165) is 11.0 Å². The van der Waals surface area contributed by atoms with Crippen LogP contribution in [0.5, 0.6) is 0 Å². The van der Waals surface area contributed by atoms with E-state index in [2.05, 4.69) is 50.6 Å². The monoisotopic (exact) mass is 278 g/mol. The van der Waals surface area contributed by atoms with Crippen molar-refractivity contribution in [1.29, 1.82) is 0 Å². The highest BCUT2D eigenvalue weighted by atomic mass is 79.9. The van der Waals surface area contributed by atoms with Gasteiger partial charge in [0.1, 0.15) is 0 Å². The molecule has 84 valence electrons. The Kier molecular flexibility index (Phi) is 2.74. The molecule has 1 atom stereocenters. The first kappa shape index (κ1) is 10.4. The van der Waals surface area contributed by atoms with Crippen LogP contribution in [0, 0.1) is 0 Å². The maximum atomic E-state index is 3.60. The second kappa shape index (κ2) is 4.22. The minimum absolute atomic E-state index is 0.531. The van der Waals surface area contributed by atoms with Crippen molar-refractivity contribution >= 4 is 26.8 Å². The molecule has 0 bridgehead atoms. The quantitative estimate of drug-likeness (QED) is 0.817. The number of aromatic amines is 1. The van der Waals surface area contributed by atoms with Crippen molar-refractivity contribution in [1.82, 2.24) is 10.3 Å². The number of rotatable bonds is 1.